The first kappa shape index (κ1) is 16.1. The average Bonchev–Trinajstić information content (AvgIpc) is 2.89. The minimum absolute atomic E-state index is 0.163. The summed E-state index contributed by atoms with van der Waals surface area (Å²) < 4.78 is 0. The predicted molar refractivity (Wildman–Crippen MR) is 85.9 cm³/mol. The maximum absolute atomic E-state index is 12.2. The summed E-state index contributed by atoms with van der Waals surface area (Å²) in [5.74, 6) is -1.30. The van der Waals surface area contributed by atoms with Crippen LogP contribution < -0.4 is 5.32 Å². The normalized spacial score (nSPS) is 13.8. The quantitative estimate of drug-likeness (QED) is 0.767. The molecule has 0 saturated carbocycles. The van der Waals surface area contributed by atoms with Crippen LogP contribution in [0.15, 0.2) is 24.4 Å². The number of aromatic nitrogens is 1. The number of aliphatic carboxylic acids is 1. The first-order chi connectivity index (χ1) is 10.4. The van der Waals surface area contributed by atoms with E-state index in [4.69, 9.17) is 0 Å². The number of carbonyl (C=O) groups excluding carboxylic acids is 1. The summed E-state index contributed by atoms with van der Waals surface area (Å²) in [6.45, 7) is 5.35. The minimum Gasteiger partial charge on any atom is -0.480 e. The van der Waals surface area contributed by atoms with Gasteiger partial charge in [0.2, 0.25) is 5.91 Å². The lowest BCUT2D eigenvalue weighted by Crippen LogP contribution is -2.52. The Balaban J connectivity index is 2.21. The summed E-state index contributed by atoms with van der Waals surface area (Å²) in [5, 5.41) is 12.9. The van der Waals surface area contributed by atoms with Crippen molar-refractivity contribution in [1.82, 2.24) is 10.3 Å². The lowest BCUT2D eigenvalue weighted by atomic mass is 9.98. The molecule has 0 aliphatic heterocycles. The predicted octanol–water partition coefficient (Wildman–Crippen LogP) is 2.64. The largest absolute Gasteiger partial charge is 0.480 e. The fourth-order valence-corrected chi connectivity index (χ4v) is 2.53. The van der Waals surface area contributed by atoms with Crippen molar-refractivity contribution in [2.45, 2.75) is 45.6 Å². The Morgan fingerprint density at radius 1 is 1.27 bits per heavy atom. The molecular weight excluding hydrogens is 280 g/mol. The number of carboxylic acid groups (broad SMARTS) is 1. The van der Waals surface area contributed by atoms with Gasteiger partial charge in [0.05, 0.1) is 6.42 Å². The van der Waals surface area contributed by atoms with E-state index >= 15 is 0 Å². The number of hydrogen-bond donors (Lipinski definition) is 3. The molecule has 0 aliphatic carbocycles. The molecule has 1 unspecified atom stereocenters. The molecule has 1 aromatic carbocycles. The molecule has 1 heterocycles. The zero-order valence-corrected chi connectivity index (χ0v) is 13.2. The lowest BCUT2D eigenvalue weighted by molar-refractivity contribution is -0.146. The van der Waals surface area contributed by atoms with E-state index in [-0.39, 0.29) is 12.3 Å². The number of hydrogen-bond acceptors (Lipinski definition) is 2. The van der Waals surface area contributed by atoms with Gasteiger partial charge < -0.3 is 15.4 Å². The van der Waals surface area contributed by atoms with Gasteiger partial charge in [0.15, 0.2) is 0 Å². The van der Waals surface area contributed by atoms with Crippen LogP contribution in [0.2, 0.25) is 0 Å². The van der Waals surface area contributed by atoms with Crippen LogP contribution in [-0.4, -0.2) is 27.5 Å². The van der Waals surface area contributed by atoms with Crippen molar-refractivity contribution < 1.29 is 14.7 Å². The van der Waals surface area contributed by atoms with Gasteiger partial charge in [-0.1, -0.05) is 32.0 Å². The van der Waals surface area contributed by atoms with Crippen molar-refractivity contribution in [3.05, 3.63) is 35.5 Å². The third kappa shape index (κ3) is 2.98. The van der Waals surface area contributed by atoms with E-state index in [2.05, 4.69) is 23.3 Å². The second-order valence-electron chi connectivity index (χ2n) is 5.72. The highest BCUT2D eigenvalue weighted by molar-refractivity contribution is 5.92. The van der Waals surface area contributed by atoms with Crippen molar-refractivity contribution >= 4 is 22.8 Å². The zero-order chi connectivity index (χ0) is 16.3. The standard InChI is InChI=1S/C17H22N2O3/c1-4-11-7-6-8-13-12(10-18-15(11)13)9-14(20)19-17(3,5-2)16(21)22/h6-8,10,18H,4-5,9H2,1-3H3,(H,19,20)(H,21,22). The van der Waals surface area contributed by atoms with E-state index in [1.807, 2.05) is 18.3 Å². The monoisotopic (exact) mass is 302 g/mol. The maximum atomic E-state index is 12.2. The molecule has 2 rings (SSSR count). The molecule has 0 radical (unpaired) electrons. The molecule has 0 saturated heterocycles. The zero-order valence-electron chi connectivity index (χ0n) is 13.2. The van der Waals surface area contributed by atoms with E-state index in [9.17, 15) is 14.7 Å². The van der Waals surface area contributed by atoms with Crippen LogP contribution in [0, 0.1) is 0 Å². The Bertz CT molecular complexity index is 705. The molecule has 1 amide bonds. The second kappa shape index (κ2) is 6.22. The highest BCUT2D eigenvalue weighted by Crippen LogP contribution is 2.23. The summed E-state index contributed by atoms with van der Waals surface area (Å²) in [4.78, 5) is 26.7. The van der Waals surface area contributed by atoms with Gasteiger partial charge >= 0.3 is 5.97 Å². The van der Waals surface area contributed by atoms with Crippen molar-refractivity contribution in [2.24, 2.45) is 0 Å². The molecule has 0 bridgehead atoms. The van der Waals surface area contributed by atoms with Gasteiger partial charge in [0.1, 0.15) is 5.54 Å². The molecule has 3 N–H and O–H groups in total. The third-order valence-corrected chi connectivity index (χ3v) is 4.21. The average molecular weight is 302 g/mol. The fourth-order valence-electron chi connectivity index (χ4n) is 2.53. The maximum Gasteiger partial charge on any atom is 0.329 e. The molecule has 1 atom stereocenters. The van der Waals surface area contributed by atoms with Crippen molar-refractivity contribution in [3.8, 4) is 0 Å². The van der Waals surface area contributed by atoms with Gasteiger partial charge in [-0.05, 0) is 30.9 Å². The molecule has 0 spiro atoms. The van der Waals surface area contributed by atoms with Crippen LogP contribution in [0.5, 0.6) is 0 Å². The number of aryl methyl sites for hydroxylation is 1. The Morgan fingerprint density at radius 2 is 2.00 bits per heavy atom. The fraction of sp³-hybridized carbons (Fsp3) is 0.412. The van der Waals surface area contributed by atoms with Gasteiger partial charge in [-0.25, -0.2) is 4.79 Å². The van der Waals surface area contributed by atoms with Crippen molar-refractivity contribution in [3.63, 3.8) is 0 Å². The first-order valence-electron chi connectivity index (χ1n) is 7.53. The number of amides is 1. The number of para-hydroxylation sites is 1. The summed E-state index contributed by atoms with van der Waals surface area (Å²) in [5.41, 5.74) is 1.90. The molecule has 118 valence electrons. The number of carboxylic acids is 1. The van der Waals surface area contributed by atoms with E-state index in [1.165, 1.54) is 12.5 Å². The Labute approximate surface area is 129 Å². The minimum atomic E-state index is -1.22. The molecule has 22 heavy (non-hydrogen) atoms. The van der Waals surface area contributed by atoms with Crippen LogP contribution in [0.25, 0.3) is 10.9 Å². The molecule has 2 aromatic rings. The van der Waals surface area contributed by atoms with E-state index in [0.717, 1.165) is 22.9 Å². The first-order valence-corrected chi connectivity index (χ1v) is 7.53. The molecule has 5 heteroatoms. The number of H-pyrrole nitrogens is 1. The van der Waals surface area contributed by atoms with Crippen molar-refractivity contribution in [2.75, 3.05) is 0 Å². The Morgan fingerprint density at radius 3 is 2.59 bits per heavy atom. The SMILES string of the molecule is CCc1cccc2c(CC(=O)NC(C)(CC)C(=O)O)c[nH]c12. The summed E-state index contributed by atoms with van der Waals surface area (Å²) in [6, 6.07) is 6.01. The number of nitrogens with one attached hydrogen (secondary N) is 2. The number of carbonyl (C=O) groups is 2. The molecule has 1 aromatic heterocycles. The van der Waals surface area contributed by atoms with Gasteiger partial charge in [-0.15, -0.1) is 0 Å². The smallest absolute Gasteiger partial charge is 0.329 e. The van der Waals surface area contributed by atoms with Crippen molar-refractivity contribution in [1.29, 1.82) is 0 Å². The van der Waals surface area contributed by atoms with Gasteiger partial charge in [0.25, 0.3) is 0 Å². The van der Waals surface area contributed by atoms with E-state index in [0.29, 0.717) is 6.42 Å². The topological polar surface area (TPSA) is 82.2 Å². The Hall–Kier alpha value is -2.30. The third-order valence-electron chi connectivity index (χ3n) is 4.21. The Kier molecular flexibility index (Phi) is 4.54. The number of benzene rings is 1. The summed E-state index contributed by atoms with van der Waals surface area (Å²) >= 11 is 0. The van der Waals surface area contributed by atoms with Crippen LogP contribution in [-0.2, 0) is 22.4 Å². The van der Waals surface area contributed by atoms with Gasteiger partial charge in [-0.3, -0.25) is 4.79 Å². The highest BCUT2D eigenvalue weighted by atomic mass is 16.4. The summed E-state index contributed by atoms with van der Waals surface area (Å²) in [7, 11) is 0. The molecular formula is C17H22N2O3. The second-order valence-corrected chi connectivity index (χ2v) is 5.72. The number of rotatable bonds is 6. The molecule has 0 fully saturated rings. The number of fused-ring (bicyclic) bond motifs is 1. The van der Waals surface area contributed by atoms with Crippen LogP contribution >= 0.6 is 0 Å². The van der Waals surface area contributed by atoms with Gasteiger partial charge in [-0.2, -0.15) is 0 Å². The summed E-state index contributed by atoms with van der Waals surface area (Å²) in [6.07, 6.45) is 3.24. The van der Waals surface area contributed by atoms with Crippen LogP contribution in [0.3, 0.4) is 0 Å². The molecule has 5 nitrogen and oxygen atoms in total. The molecule has 0 aliphatic rings. The van der Waals surface area contributed by atoms with Crippen LogP contribution in [0.4, 0.5) is 0 Å². The highest BCUT2D eigenvalue weighted by Gasteiger charge is 2.32. The van der Waals surface area contributed by atoms with E-state index < -0.39 is 11.5 Å². The van der Waals surface area contributed by atoms with Gasteiger partial charge in [0, 0.05) is 17.1 Å². The number of aromatic amines is 1. The van der Waals surface area contributed by atoms with E-state index in [1.54, 1.807) is 6.92 Å². The lowest BCUT2D eigenvalue weighted by Gasteiger charge is -2.24. The van der Waals surface area contributed by atoms with Crippen LogP contribution in [0.1, 0.15) is 38.3 Å².